The number of nitrogen functional groups attached to an aromatic ring is 1. The van der Waals surface area contributed by atoms with E-state index in [4.69, 9.17) is 5.73 Å². The van der Waals surface area contributed by atoms with E-state index in [1.165, 1.54) is 6.42 Å². The van der Waals surface area contributed by atoms with Crippen LogP contribution < -0.4 is 5.73 Å². The van der Waals surface area contributed by atoms with Gasteiger partial charge in [0.15, 0.2) is 0 Å². The summed E-state index contributed by atoms with van der Waals surface area (Å²) in [5.74, 6) is 0.668. The molecule has 0 unspecified atom stereocenters. The van der Waals surface area contributed by atoms with Crippen LogP contribution in [0.4, 0.5) is 5.82 Å². The maximum atomic E-state index is 5.93. The highest BCUT2D eigenvalue weighted by molar-refractivity contribution is 5.38. The Labute approximate surface area is 116 Å². The van der Waals surface area contributed by atoms with Crippen molar-refractivity contribution in [1.82, 2.24) is 14.8 Å². The summed E-state index contributed by atoms with van der Waals surface area (Å²) in [5.41, 5.74) is 7.08. The second-order valence-electron chi connectivity index (χ2n) is 5.68. The largest absolute Gasteiger partial charge is 0.383 e. The Balaban J connectivity index is 1.99. The molecule has 2 rings (SSSR count). The highest BCUT2D eigenvalue weighted by Crippen LogP contribution is 2.19. The van der Waals surface area contributed by atoms with Gasteiger partial charge in [-0.3, -0.25) is 9.80 Å². The van der Waals surface area contributed by atoms with Gasteiger partial charge in [0.2, 0.25) is 0 Å². The fourth-order valence-corrected chi connectivity index (χ4v) is 2.95. The van der Waals surface area contributed by atoms with E-state index in [1.807, 2.05) is 6.07 Å². The average molecular weight is 262 g/mol. The second kappa shape index (κ2) is 6.35. The van der Waals surface area contributed by atoms with Crippen molar-refractivity contribution in [3.8, 4) is 0 Å². The van der Waals surface area contributed by atoms with Crippen LogP contribution in [0.2, 0.25) is 0 Å². The molecule has 0 spiro atoms. The summed E-state index contributed by atoms with van der Waals surface area (Å²) in [6.45, 7) is 11.2. The topological polar surface area (TPSA) is 45.4 Å². The van der Waals surface area contributed by atoms with Gasteiger partial charge in [0.25, 0.3) is 0 Å². The molecule has 0 bridgehead atoms. The Hall–Kier alpha value is -1.13. The van der Waals surface area contributed by atoms with E-state index in [2.05, 4.69) is 41.6 Å². The molecule has 0 aliphatic carbocycles. The number of aromatic nitrogens is 1. The lowest BCUT2D eigenvalue weighted by molar-refractivity contribution is 0.0457. The normalized spacial score (nSPS) is 22.0. The number of nitrogens with two attached hydrogens (primary N) is 1. The van der Waals surface area contributed by atoms with Crippen LogP contribution in [0, 0.1) is 0 Å². The summed E-state index contributed by atoms with van der Waals surface area (Å²) < 4.78 is 0. The van der Waals surface area contributed by atoms with Gasteiger partial charge in [0.05, 0.1) is 0 Å². The van der Waals surface area contributed by atoms with Crippen LogP contribution in [0.15, 0.2) is 18.3 Å². The van der Waals surface area contributed by atoms with E-state index in [1.54, 1.807) is 6.20 Å². The third-order valence-electron chi connectivity index (χ3n) is 4.07. The Morgan fingerprint density at radius 2 is 2.21 bits per heavy atom. The van der Waals surface area contributed by atoms with Gasteiger partial charge in [-0.05, 0) is 26.3 Å². The molecule has 2 heterocycles. The van der Waals surface area contributed by atoms with Crippen molar-refractivity contribution >= 4 is 5.82 Å². The minimum absolute atomic E-state index is 0.635. The highest BCUT2D eigenvalue weighted by Gasteiger charge is 2.27. The molecular formula is C15H26N4. The molecule has 1 aliphatic heterocycles. The minimum Gasteiger partial charge on any atom is -0.383 e. The summed E-state index contributed by atoms with van der Waals surface area (Å²) in [7, 11) is 0. The van der Waals surface area contributed by atoms with Gasteiger partial charge in [-0.2, -0.15) is 0 Å². The molecule has 0 aromatic carbocycles. The first-order valence-corrected chi connectivity index (χ1v) is 7.29. The zero-order chi connectivity index (χ0) is 13.8. The molecule has 1 aromatic heterocycles. The summed E-state index contributed by atoms with van der Waals surface area (Å²) in [4.78, 5) is 9.28. The van der Waals surface area contributed by atoms with Crippen molar-refractivity contribution in [3.05, 3.63) is 23.9 Å². The van der Waals surface area contributed by atoms with Crippen LogP contribution in [-0.2, 0) is 6.54 Å². The van der Waals surface area contributed by atoms with Gasteiger partial charge in [0, 0.05) is 50.0 Å². The molecule has 0 amide bonds. The first kappa shape index (κ1) is 14.3. The lowest BCUT2D eigenvalue weighted by atomic mass is 10.1. The van der Waals surface area contributed by atoms with Crippen LogP contribution in [-0.4, -0.2) is 46.5 Å². The van der Waals surface area contributed by atoms with Gasteiger partial charge in [-0.15, -0.1) is 0 Å². The van der Waals surface area contributed by atoms with Crippen LogP contribution in [0.25, 0.3) is 0 Å². The minimum atomic E-state index is 0.635. The van der Waals surface area contributed by atoms with E-state index < -0.39 is 0 Å². The van der Waals surface area contributed by atoms with Crippen molar-refractivity contribution in [2.75, 3.05) is 25.4 Å². The average Bonchev–Trinajstić information content (AvgIpc) is 2.41. The van der Waals surface area contributed by atoms with Crippen molar-refractivity contribution in [3.63, 3.8) is 0 Å². The monoisotopic (exact) mass is 262 g/mol. The van der Waals surface area contributed by atoms with Gasteiger partial charge in [0.1, 0.15) is 5.82 Å². The van der Waals surface area contributed by atoms with Crippen LogP contribution >= 0.6 is 0 Å². The molecule has 2 N–H and O–H groups in total. The smallest absolute Gasteiger partial charge is 0.127 e. The van der Waals surface area contributed by atoms with E-state index in [-0.39, 0.29) is 0 Å². The summed E-state index contributed by atoms with van der Waals surface area (Å²) in [5, 5.41) is 0. The first-order valence-electron chi connectivity index (χ1n) is 7.29. The van der Waals surface area contributed by atoms with Gasteiger partial charge in [-0.1, -0.05) is 13.0 Å². The van der Waals surface area contributed by atoms with Gasteiger partial charge in [-0.25, -0.2) is 4.98 Å². The van der Waals surface area contributed by atoms with E-state index in [0.717, 1.165) is 31.7 Å². The van der Waals surface area contributed by atoms with Crippen molar-refractivity contribution < 1.29 is 0 Å². The fraction of sp³-hybridized carbons (Fsp3) is 0.667. The van der Waals surface area contributed by atoms with Crippen LogP contribution in [0.3, 0.4) is 0 Å². The van der Waals surface area contributed by atoms with Crippen molar-refractivity contribution in [2.45, 2.75) is 45.8 Å². The van der Waals surface area contributed by atoms with E-state index in [0.29, 0.717) is 17.9 Å². The quantitative estimate of drug-likeness (QED) is 0.901. The van der Waals surface area contributed by atoms with Crippen LogP contribution in [0.5, 0.6) is 0 Å². The predicted molar refractivity (Wildman–Crippen MR) is 79.8 cm³/mol. The number of piperazine rings is 1. The molecule has 106 valence electrons. The Morgan fingerprint density at radius 3 is 2.84 bits per heavy atom. The van der Waals surface area contributed by atoms with Gasteiger partial charge >= 0.3 is 0 Å². The molecule has 1 atom stereocenters. The number of anilines is 1. The summed E-state index contributed by atoms with van der Waals surface area (Å²) >= 11 is 0. The standard InChI is InChI=1S/C15H26N4/c1-4-14-11-18(8-9-19(14)12(2)3)10-13-6-5-7-17-15(13)16/h5-7,12,14H,4,8-11H2,1-3H3,(H2,16,17)/t14-/m1/s1. The maximum absolute atomic E-state index is 5.93. The number of pyridine rings is 1. The summed E-state index contributed by atoms with van der Waals surface area (Å²) in [6, 6.07) is 5.34. The molecule has 19 heavy (non-hydrogen) atoms. The van der Waals surface area contributed by atoms with Crippen LogP contribution in [0.1, 0.15) is 32.8 Å². The summed E-state index contributed by atoms with van der Waals surface area (Å²) in [6.07, 6.45) is 2.96. The first-order chi connectivity index (χ1) is 9.11. The van der Waals surface area contributed by atoms with E-state index >= 15 is 0 Å². The van der Waals surface area contributed by atoms with Crippen molar-refractivity contribution in [2.24, 2.45) is 0 Å². The predicted octanol–water partition coefficient (Wildman–Crippen LogP) is 1.97. The van der Waals surface area contributed by atoms with E-state index in [9.17, 15) is 0 Å². The molecule has 1 saturated heterocycles. The maximum Gasteiger partial charge on any atom is 0.127 e. The molecule has 4 heteroatoms. The molecule has 4 nitrogen and oxygen atoms in total. The second-order valence-corrected chi connectivity index (χ2v) is 5.68. The zero-order valence-corrected chi connectivity index (χ0v) is 12.3. The Kier molecular flexibility index (Phi) is 4.77. The SMILES string of the molecule is CC[C@@H]1CN(Cc2cccnc2N)CCN1C(C)C. The number of hydrogen-bond donors (Lipinski definition) is 1. The number of hydrogen-bond acceptors (Lipinski definition) is 4. The highest BCUT2D eigenvalue weighted by atomic mass is 15.3. The zero-order valence-electron chi connectivity index (χ0n) is 12.3. The number of rotatable bonds is 4. The molecular weight excluding hydrogens is 236 g/mol. The molecule has 1 fully saturated rings. The Bertz CT molecular complexity index is 405. The number of nitrogens with zero attached hydrogens (tertiary/aromatic N) is 3. The molecule has 0 saturated carbocycles. The lowest BCUT2D eigenvalue weighted by Gasteiger charge is -2.43. The fourth-order valence-electron chi connectivity index (χ4n) is 2.95. The molecule has 1 aliphatic rings. The molecule has 0 radical (unpaired) electrons. The van der Waals surface area contributed by atoms with Gasteiger partial charge < -0.3 is 5.73 Å². The third-order valence-corrected chi connectivity index (χ3v) is 4.07. The molecule has 1 aromatic rings. The lowest BCUT2D eigenvalue weighted by Crippen LogP contribution is -2.54. The third kappa shape index (κ3) is 3.45. The van der Waals surface area contributed by atoms with Crippen molar-refractivity contribution in [1.29, 1.82) is 0 Å². The Morgan fingerprint density at radius 1 is 1.42 bits per heavy atom.